The summed E-state index contributed by atoms with van der Waals surface area (Å²) in [5.41, 5.74) is 10.2. The summed E-state index contributed by atoms with van der Waals surface area (Å²) in [7, 11) is 1.99. The largest absolute Gasteiger partial charge is 0.323 e. The Balaban J connectivity index is 2.54. The number of rotatable bonds is 0. The van der Waals surface area contributed by atoms with E-state index in [1.54, 1.807) is 0 Å². The summed E-state index contributed by atoms with van der Waals surface area (Å²) < 4.78 is 1.95. The van der Waals surface area contributed by atoms with E-state index >= 15 is 0 Å². The fourth-order valence-corrected chi connectivity index (χ4v) is 2.27. The summed E-state index contributed by atoms with van der Waals surface area (Å²) in [4.78, 5) is 0. The van der Waals surface area contributed by atoms with E-state index in [4.69, 9.17) is 5.73 Å². The van der Waals surface area contributed by atoms with Gasteiger partial charge in [-0.2, -0.15) is 5.10 Å². The van der Waals surface area contributed by atoms with Crippen molar-refractivity contribution in [3.05, 3.63) is 17.0 Å². The van der Waals surface area contributed by atoms with E-state index < -0.39 is 0 Å². The monoisotopic (exact) mass is 193 g/mol. The predicted octanol–water partition coefficient (Wildman–Crippen LogP) is 1.70. The van der Waals surface area contributed by atoms with E-state index in [0.717, 1.165) is 12.8 Å². The molecule has 1 unspecified atom stereocenters. The Kier molecular flexibility index (Phi) is 1.96. The van der Waals surface area contributed by atoms with Gasteiger partial charge in [0.2, 0.25) is 0 Å². The fraction of sp³-hybridized carbons (Fsp3) is 0.727. The first kappa shape index (κ1) is 9.71. The van der Waals surface area contributed by atoms with Crippen molar-refractivity contribution < 1.29 is 0 Å². The van der Waals surface area contributed by atoms with Crippen LogP contribution >= 0.6 is 0 Å². The number of hydrogen-bond donors (Lipinski definition) is 1. The molecule has 2 rings (SSSR count). The van der Waals surface area contributed by atoms with E-state index in [1.807, 2.05) is 11.7 Å². The Hall–Kier alpha value is -0.830. The molecule has 2 N–H and O–H groups in total. The van der Waals surface area contributed by atoms with E-state index in [2.05, 4.69) is 25.9 Å². The molecule has 3 nitrogen and oxygen atoms in total. The van der Waals surface area contributed by atoms with Crippen LogP contribution in [0.25, 0.3) is 0 Å². The Morgan fingerprint density at radius 1 is 1.50 bits per heavy atom. The lowest BCUT2D eigenvalue weighted by Crippen LogP contribution is -2.34. The fourth-order valence-electron chi connectivity index (χ4n) is 2.27. The van der Waals surface area contributed by atoms with Gasteiger partial charge in [-0.15, -0.1) is 0 Å². The minimum Gasteiger partial charge on any atom is -0.323 e. The Morgan fingerprint density at radius 3 is 2.79 bits per heavy atom. The number of fused-ring (bicyclic) bond motifs is 1. The highest BCUT2D eigenvalue weighted by Gasteiger charge is 2.36. The van der Waals surface area contributed by atoms with Gasteiger partial charge >= 0.3 is 0 Å². The lowest BCUT2D eigenvalue weighted by Gasteiger charge is -2.35. The van der Waals surface area contributed by atoms with E-state index in [-0.39, 0.29) is 11.5 Å². The lowest BCUT2D eigenvalue weighted by molar-refractivity contribution is 0.247. The molecule has 1 atom stereocenters. The van der Waals surface area contributed by atoms with Gasteiger partial charge in [-0.05, 0) is 25.2 Å². The van der Waals surface area contributed by atoms with Crippen LogP contribution in [-0.2, 0) is 13.5 Å². The molecule has 0 fully saturated rings. The van der Waals surface area contributed by atoms with Crippen molar-refractivity contribution in [3.63, 3.8) is 0 Å². The Bertz CT molecular complexity index is 363. The van der Waals surface area contributed by atoms with Gasteiger partial charge in [0.25, 0.3) is 0 Å². The average Bonchev–Trinajstić information content (AvgIpc) is 2.38. The maximum Gasteiger partial charge on any atom is 0.0675 e. The molecule has 0 aromatic carbocycles. The van der Waals surface area contributed by atoms with Crippen molar-refractivity contribution in [2.75, 3.05) is 0 Å². The van der Waals surface area contributed by atoms with Crippen molar-refractivity contribution >= 4 is 0 Å². The van der Waals surface area contributed by atoms with Crippen molar-refractivity contribution in [2.24, 2.45) is 18.2 Å². The highest BCUT2D eigenvalue weighted by atomic mass is 15.3. The number of aromatic nitrogens is 2. The van der Waals surface area contributed by atoms with Crippen LogP contribution in [0.15, 0.2) is 0 Å². The lowest BCUT2D eigenvalue weighted by atomic mass is 9.72. The van der Waals surface area contributed by atoms with Gasteiger partial charge in [-0.3, -0.25) is 4.68 Å². The first-order chi connectivity index (χ1) is 6.43. The van der Waals surface area contributed by atoms with Gasteiger partial charge in [0, 0.05) is 24.3 Å². The average molecular weight is 193 g/mol. The molecule has 1 aliphatic rings. The number of nitrogens with zero attached hydrogens (tertiary/aromatic N) is 2. The second-order valence-corrected chi connectivity index (χ2v) is 5.04. The van der Waals surface area contributed by atoms with Crippen molar-refractivity contribution in [1.82, 2.24) is 9.78 Å². The Labute approximate surface area is 85.3 Å². The summed E-state index contributed by atoms with van der Waals surface area (Å²) in [6, 6.07) is 0.139. The van der Waals surface area contributed by atoms with Crippen LogP contribution < -0.4 is 5.73 Å². The first-order valence-corrected chi connectivity index (χ1v) is 5.21. The minimum absolute atomic E-state index is 0.139. The van der Waals surface area contributed by atoms with Crippen LogP contribution in [0.4, 0.5) is 0 Å². The maximum atomic E-state index is 6.28. The van der Waals surface area contributed by atoms with Crippen molar-refractivity contribution in [3.8, 4) is 0 Å². The third kappa shape index (κ3) is 1.19. The summed E-state index contributed by atoms with van der Waals surface area (Å²) in [6.45, 7) is 6.59. The first-order valence-electron chi connectivity index (χ1n) is 5.21. The molecule has 1 aliphatic carbocycles. The second kappa shape index (κ2) is 2.83. The van der Waals surface area contributed by atoms with Gasteiger partial charge in [-0.1, -0.05) is 13.8 Å². The van der Waals surface area contributed by atoms with Gasteiger partial charge in [0.1, 0.15) is 0 Å². The molecule has 0 aliphatic heterocycles. The maximum absolute atomic E-state index is 6.28. The smallest absolute Gasteiger partial charge is 0.0675 e. The molecule has 0 radical (unpaired) electrons. The molecular weight excluding hydrogens is 174 g/mol. The second-order valence-electron chi connectivity index (χ2n) is 5.04. The van der Waals surface area contributed by atoms with Gasteiger partial charge < -0.3 is 5.73 Å². The van der Waals surface area contributed by atoms with Crippen LogP contribution in [-0.4, -0.2) is 9.78 Å². The zero-order chi connectivity index (χ0) is 10.5. The molecule has 14 heavy (non-hydrogen) atoms. The van der Waals surface area contributed by atoms with Crippen LogP contribution in [0.2, 0.25) is 0 Å². The molecule has 0 spiro atoms. The van der Waals surface area contributed by atoms with Gasteiger partial charge in [0.15, 0.2) is 0 Å². The Morgan fingerprint density at radius 2 is 2.14 bits per heavy atom. The summed E-state index contributed by atoms with van der Waals surface area (Å²) in [6.07, 6.45) is 2.20. The molecule has 0 saturated carbocycles. The quantitative estimate of drug-likeness (QED) is 0.681. The van der Waals surface area contributed by atoms with Gasteiger partial charge in [0.05, 0.1) is 5.69 Å². The van der Waals surface area contributed by atoms with Crippen molar-refractivity contribution in [2.45, 2.75) is 39.7 Å². The zero-order valence-corrected chi connectivity index (χ0v) is 9.46. The SMILES string of the molecule is Cc1c2c(nn1C)CCC(C)(C)C2N. The summed E-state index contributed by atoms with van der Waals surface area (Å²) in [5, 5.41) is 4.50. The molecule has 1 aromatic rings. The molecule has 1 aromatic heterocycles. The molecular formula is C11H19N3. The van der Waals surface area contributed by atoms with Crippen LogP contribution in [0.1, 0.15) is 43.3 Å². The van der Waals surface area contributed by atoms with E-state index in [0.29, 0.717) is 0 Å². The topological polar surface area (TPSA) is 43.8 Å². The number of nitrogens with two attached hydrogens (primary N) is 1. The van der Waals surface area contributed by atoms with E-state index in [1.165, 1.54) is 17.0 Å². The van der Waals surface area contributed by atoms with Crippen LogP contribution in [0.3, 0.4) is 0 Å². The number of hydrogen-bond acceptors (Lipinski definition) is 2. The molecule has 0 saturated heterocycles. The van der Waals surface area contributed by atoms with Crippen LogP contribution in [0.5, 0.6) is 0 Å². The molecule has 3 heteroatoms. The highest BCUT2D eigenvalue weighted by molar-refractivity contribution is 5.33. The third-order valence-corrected chi connectivity index (χ3v) is 3.62. The predicted molar refractivity (Wildman–Crippen MR) is 57.0 cm³/mol. The molecule has 0 amide bonds. The molecule has 1 heterocycles. The third-order valence-electron chi connectivity index (χ3n) is 3.62. The summed E-state index contributed by atoms with van der Waals surface area (Å²) in [5.74, 6) is 0. The standard InChI is InChI=1S/C11H19N3/c1-7-9-8(13-14(7)4)5-6-11(2,3)10(9)12/h10H,5-6,12H2,1-4H3. The summed E-state index contributed by atoms with van der Waals surface area (Å²) >= 11 is 0. The zero-order valence-electron chi connectivity index (χ0n) is 9.46. The number of aryl methyl sites for hydroxylation is 2. The van der Waals surface area contributed by atoms with Gasteiger partial charge in [-0.25, -0.2) is 0 Å². The minimum atomic E-state index is 0.139. The molecule has 0 bridgehead atoms. The molecule has 78 valence electrons. The van der Waals surface area contributed by atoms with E-state index in [9.17, 15) is 0 Å². The van der Waals surface area contributed by atoms with Crippen LogP contribution in [0, 0.1) is 12.3 Å². The van der Waals surface area contributed by atoms with Crippen molar-refractivity contribution in [1.29, 1.82) is 0 Å². The highest BCUT2D eigenvalue weighted by Crippen LogP contribution is 2.42. The normalized spacial score (nSPS) is 24.8.